The van der Waals surface area contributed by atoms with Gasteiger partial charge in [-0.05, 0) is 45.7 Å². The molecule has 19 heavy (non-hydrogen) atoms. The Morgan fingerprint density at radius 2 is 2.26 bits per heavy atom. The molecule has 0 aliphatic carbocycles. The molecule has 1 fully saturated rings. The summed E-state index contributed by atoms with van der Waals surface area (Å²) in [6.07, 6.45) is 4.97. The van der Waals surface area contributed by atoms with Gasteiger partial charge in [0.25, 0.3) is 0 Å². The maximum absolute atomic E-state index is 14.6. The highest BCUT2D eigenvalue weighted by molar-refractivity contribution is 5.46. The van der Waals surface area contributed by atoms with Crippen LogP contribution in [0.5, 0.6) is 0 Å². The first-order valence-corrected chi connectivity index (χ1v) is 7.18. The third-order valence-corrected chi connectivity index (χ3v) is 3.85. The molecule has 0 aromatic carbocycles. The van der Waals surface area contributed by atoms with E-state index >= 15 is 0 Å². The summed E-state index contributed by atoms with van der Waals surface area (Å²) in [6.45, 7) is 8.79. The molecule has 0 radical (unpaired) electrons. The molecule has 1 saturated heterocycles. The van der Waals surface area contributed by atoms with Crippen LogP contribution in [0.3, 0.4) is 0 Å². The Morgan fingerprint density at radius 3 is 2.89 bits per heavy atom. The lowest BCUT2D eigenvalue weighted by Gasteiger charge is -2.33. The average molecular weight is 265 g/mol. The zero-order valence-corrected chi connectivity index (χ0v) is 12.2. The molecule has 0 saturated carbocycles. The van der Waals surface area contributed by atoms with Gasteiger partial charge >= 0.3 is 0 Å². The Morgan fingerprint density at radius 1 is 1.47 bits per heavy atom. The molecule has 2 heterocycles. The smallest absolute Gasteiger partial charge is 0.170 e. The van der Waals surface area contributed by atoms with Gasteiger partial charge in [-0.25, -0.2) is 9.37 Å². The van der Waals surface area contributed by atoms with Crippen LogP contribution in [0.4, 0.5) is 10.2 Å². The van der Waals surface area contributed by atoms with E-state index in [-0.39, 0.29) is 11.4 Å². The number of nitrogens with zero attached hydrogens (tertiary/aromatic N) is 2. The van der Waals surface area contributed by atoms with E-state index in [1.165, 1.54) is 0 Å². The van der Waals surface area contributed by atoms with Gasteiger partial charge in [-0.2, -0.15) is 0 Å². The number of hydrogen-bond acceptors (Lipinski definition) is 3. The Kier molecular flexibility index (Phi) is 4.40. The number of hydrogen-bond donors (Lipinski definition) is 1. The van der Waals surface area contributed by atoms with Gasteiger partial charge in [0.05, 0.1) is 0 Å². The molecule has 2 rings (SSSR count). The summed E-state index contributed by atoms with van der Waals surface area (Å²) in [5, 5.41) is 3.24. The molecule has 4 heteroatoms. The second-order valence-corrected chi connectivity index (χ2v) is 5.85. The quantitative estimate of drug-likeness (QED) is 0.829. The predicted molar refractivity (Wildman–Crippen MR) is 76.9 cm³/mol. The Hall–Kier alpha value is -1.16. The van der Waals surface area contributed by atoms with Crippen molar-refractivity contribution in [2.75, 3.05) is 18.0 Å². The first kappa shape index (κ1) is 14.3. The van der Waals surface area contributed by atoms with E-state index < -0.39 is 0 Å². The summed E-state index contributed by atoms with van der Waals surface area (Å²) >= 11 is 0. The van der Waals surface area contributed by atoms with E-state index in [0.29, 0.717) is 17.9 Å². The highest BCUT2D eigenvalue weighted by Crippen LogP contribution is 2.34. The Balaban J connectivity index is 2.20. The molecule has 1 aliphatic heterocycles. The minimum atomic E-state index is -0.166. The topological polar surface area (TPSA) is 28.2 Å². The molecule has 1 aliphatic rings. The van der Waals surface area contributed by atoms with E-state index in [2.05, 4.69) is 36.0 Å². The van der Waals surface area contributed by atoms with Gasteiger partial charge in [0.1, 0.15) is 0 Å². The van der Waals surface area contributed by atoms with Crippen LogP contribution in [-0.4, -0.2) is 23.6 Å². The third-order valence-electron chi connectivity index (χ3n) is 3.85. The molecule has 0 atom stereocenters. The monoisotopic (exact) mass is 265 g/mol. The molecule has 1 aromatic heterocycles. The van der Waals surface area contributed by atoms with E-state index in [1.807, 2.05) is 0 Å². The van der Waals surface area contributed by atoms with Crippen molar-refractivity contribution in [1.29, 1.82) is 0 Å². The first-order chi connectivity index (χ1) is 9.06. The molecule has 1 N–H and O–H groups in total. The zero-order valence-electron chi connectivity index (χ0n) is 12.2. The normalized spacial score (nSPS) is 18.0. The lowest BCUT2D eigenvalue weighted by atomic mass is 10.0. The van der Waals surface area contributed by atoms with Crippen LogP contribution >= 0.6 is 0 Å². The molecule has 3 nitrogen and oxygen atoms in total. The van der Waals surface area contributed by atoms with E-state index in [9.17, 15) is 4.39 Å². The van der Waals surface area contributed by atoms with Crippen LogP contribution < -0.4 is 10.2 Å². The SMILES string of the molecule is CCCNCc1ccnc(N2CCCC2(C)C)c1F. The van der Waals surface area contributed by atoms with Crippen LogP contribution in [0.15, 0.2) is 12.3 Å². The van der Waals surface area contributed by atoms with Crippen LogP contribution in [0.2, 0.25) is 0 Å². The fourth-order valence-corrected chi connectivity index (χ4v) is 2.70. The fourth-order valence-electron chi connectivity index (χ4n) is 2.70. The second kappa shape index (κ2) is 5.87. The minimum Gasteiger partial charge on any atom is -0.349 e. The van der Waals surface area contributed by atoms with E-state index in [0.717, 1.165) is 32.4 Å². The summed E-state index contributed by atoms with van der Waals surface area (Å²) in [5.41, 5.74) is 0.713. The molecule has 0 spiro atoms. The van der Waals surface area contributed by atoms with Crippen LogP contribution in [0.1, 0.15) is 45.6 Å². The maximum atomic E-state index is 14.6. The van der Waals surface area contributed by atoms with Gasteiger partial charge in [-0.15, -0.1) is 0 Å². The first-order valence-electron chi connectivity index (χ1n) is 7.18. The molecule has 106 valence electrons. The van der Waals surface area contributed by atoms with Gasteiger partial charge in [0, 0.05) is 30.4 Å². The van der Waals surface area contributed by atoms with Gasteiger partial charge in [-0.3, -0.25) is 0 Å². The Bertz CT molecular complexity index is 431. The van der Waals surface area contributed by atoms with Gasteiger partial charge in [-0.1, -0.05) is 6.92 Å². The number of rotatable bonds is 5. The molecule has 0 bridgehead atoms. The average Bonchev–Trinajstić information content (AvgIpc) is 2.71. The van der Waals surface area contributed by atoms with Crippen LogP contribution in [0.25, 0.3) is 0 Å². The lowest BCUT2D eigenvalue weighted by molar-refractivity contribution is 0.497. The Labute approximate surface area is 115 Å². The largest absolute Gasteiger partial charge is 0.349 e. The summed E-state index contributed by atoms with van der Waals surface area (Å²) in [5.74, 6) is 0.347. The summed E-state index contributed by atoms with van der Waals surface area (Å²) in [6, 6.07) is 1.77. The van der Waals surface area contributed by atoms with Crippen LogP contribution in [-0.2, 0) is 6.54 Å². The molecule has 0 amide bonds. The second-order valence-electron chi connectivity index (χ2n) is 5.85. The van der Waals surface area contributed by atoms with Crippen molar-refractivity contribution in [2.24, 2.45) is 0 Å². The van der Waals surface area contributed by atoms with Crippen molar-refractivity contribution in [3.05, 3.63) is 23.6 Å². The maximum Gasteiger partial charge on any atom is 0.170 e. The van der Waals surface area contributed by atoms with Gasteiger partial charge in [0.2, 0.25) is 0 Å². The number of nitrogens with one attached hydrogen (secondary N) is 1. The van der Waals surface area contributed by atoms with E-state index in [4.69, 9.17) is 0 Å². The van der Waals surface area contributed by atoms with Crippen molar-refractivity contribution in [3.63, 3.8) is 0 Å². The number of pyridine rings is 1. The number of anilines is 1. The van der Waals surface area contributed by atoms with Crippen molar-refractivity contribution in [3.8, 4) is 0 Å². The number of aromatic nitrogens is 1. The van der Waals surface area contributed by atoms with E-state index in [1.54, 1.807) is 12.3 Å². The van der Waals surface area contributed by atoms with Crippen molar-refractivity contribution in [1.82, 2.24) is 10.3 Å². The lowest BCUT2D eigenvalue weighted by Crippen LogP contribution is -2.39. The minimum absolute atomic E-state index is 0.00328. The summed E-state index contributed by atoms with van der Waals surface area (Å²) < 4.78 is 14.6. The highest BCUT2D eigenvalue weighted by atomic mass is 19.1. The number of halogens is 1. The molecule has 1 aromatic rings. The summed E-state index contributed by atoms with van der Waals surface area (Å²) in [4.78, 5) is 6.37. The molecule has 0 unspecified atom stereocenters. The van der Waals surface area contributed by atoms with Crippen molar-refractivity contribution in [2.45, 2.75) is 52.1 Å². The van der Waals surface area contributed by atoms with Gasteiger partial charge < -0.3 is 10.2 Å². The van der Waals surface area contributed by atoms with Crippen molar-refractivity contribution >= 4 is 5.82 Å². The highest BCUT2D eigenvalue weighted by Gasteiger charge is 2.34. The van der Waals surface area contributed by atoms with Crippen molar-refractivity contribution < 1.29 is 4.39 Å². The molecular formula is C15H24FN3. The van der Waals surface area contributed by atoms with Gasteiger partial charge in [0.15, 0.2) is 11.6 Å². The standard InChI is InChI=1S/C15H24FN3/c1-4-8-17-11-12-6-9-18-14(13(12)16)19-10-5-7-15(19,2)3/h6,9,17H,4-5,7-8,10-11H2,1-3H3. The zero-order chi connectivity index (χ0) is 13.9. The predicted octanol–water partition coefficient (Wildman–Crippen LogP) is 3.10. The fraction of sp³-hybridized carbons (Fsp3) is 0.667. The third kappa shape index (κ3) is 3.06. The molecular weight excluding hydrogens is 241 g/mol. The summed E-state index contributed by atoms with van der Waals surface area (Å²) in [7, 11) is 0. The van der Waals surface area contributed by atoms with Crippen LogP contribution in [0, 0.1) is 5.82 Å².